The number of nitrogens with one attached hydrogen (secondary N) is 3. The second-order valence-corrected chi connectivity index (χ2v) is 4.81. The summed E-state index contributed by atoms with van der Waals surface area (Å²) in [4.78, 5) is 23.0. The van der Waals surface area contributed by atoms with Crippen LogP contribution in [0.5, 0.6) is 0 Å². The SMILES string of the molecule is CCCNC(=O)CCCC(=O)NC1CCCNC1.Cl. The quantitative estimate of drug-likeness (QED) is 0.655. The highest BCUT2D eigenvalue weighted by molar-refractivity contribution is 5.85. The lowest BCUT2D eigenvalue weighted by molar-refractivity contribution is -0.122. The van der Waals surface area contributed by atoms with Gasteiger partial charge in [0.15, 0.2) is 0 Å². The van der Waals surface area contributed by atoms with Gasteiger partial charge in [0.1, 0.15) is 0 Å². The predicted molar refractivity (Wildman–Crippen MR) is 78.4 cm³/mol. The molecule has 1 heterocycles. The number of hydrogen-bond donors (Lipinski definition) is 3. The van der Waals surface area contributed by atoms with Crippen LogP contribution in [0, 0.1) is 0 Å². The van der Waals surface area contributed by atoms with Crippen LogP contribution in [-0.4, -0.2) is 37.5 Å². The van der Waals surface area contributed by atoms with Crippen molar-refractivity contribution in [3.63, 3.8) is 0 Å². The smallest absolute Gasteiger partial charge is 0.220 e. The van der Waals surface area contributed by atoms with E-state index in [1.807, 2.05) is 6.92 Å². The highest BCUT2D eigenvalue weighted by Crippen LogP contribution is 2.02. The molecule has 6 heteroatoms. The molecule has 5 nitrogen and oxygen atoms in total. The van der Waals surface area contributed by atoms with Gasteiger partial charge >= 0.3 is 0 Å². The number of hydrogen-bond acceptors (Lipinski definition) is 3. The summed E-state index contributed by atoms with van der Waals surface area (Å²) >= 11 is 0. The van der Waals surface area contributed by atoms with E-state index in [0.717, 1.165) is 38.9 Å². The predicted octanol–water partition coefficient (Wildman–Crippen LogP) is 0.973. The molecule has 19 heavy (non-hydrogen) atoms. The highest BCUT2D eigenvalue weighted by atomic mass is 35.5. The first-order valence-corrected chi connectivity index (χ1v) is 6.99. The van der Waals surface area contributed by atoms with E-state index in [2.05, 4.69) is 16.0 Å². The second kappa shape index (κ2) is 11.1. The Morgan fingerprint density at radius 3 is 2.63 bits per heavy atom. The number of halogens is 1. The van der Waals surface area contributed by atoms with Crippen LogP contribution in [-0.2, 0) is 9.59 Å². The first-order valence-electron chi connectivity index (χ1n) is 6.99. The number of amides is 2. The molecule has 2 amide bonds. The van der Waals surface area contributed by atoms with Gasteiger partial charge < -0.3 is 16.0 Å². The third-order valence-electron chi connectivity index (χ3n) is 3.04. The van der Waals surface area contributed by atoms with Crippen LogP contribution < -0.4 is 16.0 Å². The van der Waals surface area contributed by atoms with Crippen LogP contribution in [0.15, 0.2) is 0 Å². The number of piperidine rings is 1. The van der Waals surface area contributed by atoms with Crippen molar-refractivity contribution >= 4 is 24.2 Å². The molecule has 1 atom stereocenters. The van der Waals surface area contributed by atoms with Crippen molar-refractivity contribution < 1.29 is 9.59 Å². The molecule has 1 rings (SSSR count). The normalized spacial score (nSPS) is 18.3. The minimum Gasteiger partial charge on any atom is -0.356 e. The van der Waals surface area contributed by atoms with Crippen LogP contribution in [0.25, 0.3) is 0 Å². The Morgan fingerprint density at radius 1 is 1.26 bits per heavy atom. The molecule has 1 aliphatic rings. The molecule has 0 aromatic carbocycles. The minimum absolute atomic E-state index is 0. The lowest BCUT2D eigenvalue weighted by Gasteiger charge is -2.23. The monoisotopic (exact) mass is 291 g/mol. The summed E-state index contributed by atoms with van der Waals surface area (Å²) in [5.74, 6) is 0.107. The fourth-order valence-corrected chi connectivity index (χ4v) is 2.04. The first kappa shape index (κ1) is 18.2. The van der Waals surface area contributed by atoms with Crippen molar-refractivity contribution in [1.82, 2.24) is 16.0 Å². The van der Waals surface area contributed by atoms with Crippen molar-refractivity contribution in [2.24, 2.45) is 0 Å². The van der Waals surface area contributed by atoms with E-state index in [1.54, 1.807) is 0 Å². The molecule has 0 radical (unpaired) electrons. The van der Waals surface area contributed by atoms with Gasteiger partial charge in [-0.25, -0.2) is 0 Å². The number of rotatable bonds is 7. The van der Waals surface area contributed by atoms with Crippen molar-refractivity contribution in [3.05, 3.63) is 0 Å². The molecule has 1 unspecified atom stereocenters. The molecule has 112 valence electrons. The second-order valence-electron chi connectivity index (χ2n) is 4.81. The molecule has 1 aliphatic heterocycles. The zero-order valence-electron chi connectivity index (χ0n) is 11.7. The number of carbonyl (C=O) groups excluding carboxylic acids is 2. The maximum absolute atomic E-state index is 11.6. The third kappa shape index (κ3) is 8.83. The standard InChI is InChI=1S/C13H25N3O2.ClH/c1-2-8-15-12(17)6-3-7-13(18)16-11-5-4-9-14-10-11;/h11,14H,2-10H2,1H3,(H,15,17)(H,16,18);1H. The van der Waals surface area contributed by atoms with Gasteiger partial charge in [0.2, 0.25) is 11.8 Å². The van der Waals surface area contributed by atoms with E-state index in [0.29, 0.717) is 19.3 Å². The molecule has 0 aromatic heterocycles. The summed E-state index contributed by atoms with van der Waals surface area (Å²) in [6.07, 6.45) is 4.62. The fourth-order valence-electron chi connectivity index (χ4n) is 2.04. The molecule has 1 fully saturated rings. The molecule has 1 saturated heterocycles. The Labute approximate surface area is 121 Å². The van der Waals surface area contributed by atoms with Crippen molar-refractivity contribution in [2.75, 3.05) is 19.6 Å². The molecule has 0 spiro atoms. The largest absolute Gasteiger partial charge is 0.356 e. The molecule has 0 bridgehead atoms. The lowest BCUT2D eigenvalue weighted by Crippen LogP contribution is -2.45. The van der Waals surface area contributed by atoms with Crippen molar-refractivity contribution in [2.45, 2.75) is 51.5 Å². The Hall–Kier alpha value is -0.810. The molecule has 0 aromatic rings. The van der Waals surface area contributed by atoms with Gasteiger partial charge in [-0.2, -0.15) is 0 Å². The van der Waals surface area contributed by atoms with Crippen LogP contribution in [0.3, 0.4) is 0 Å². The summed E-state index contributed by atoms with van der Waals surface area (Å²) in [6.45, 7) is 4.65. The summed E-state index contributed by atoms with van der Waals surface area (Å²) in [7, 11) is 0. The zero-order valence-corrected chi connectivity index (χ0v) is 12.5. The van der Waals surface area contributed by atoms with Gasteiger partial charge in [-0.3, -0.25) is 9.59 Å². The Kier molecular flexibility index (Phi) is 10.6. The van der Waals surface area contributed by atoms with Crippen molar-refractivity contribution in [1.29, 1.82) is 0 Å². The summed E-state index contributed by atoms with van der Waals surface area (Å²) < 4.78 is 0. The first-order chi connectivity index (χ1) is 8.72. The average Bonchev–Trinajstić information content (AvgIpc) is 2.37. The zero-order chi connectivity index (χ0) is 13.2. The van der Waals surface area contributed by atoms with Crippen LogP contribution in [0.4, 0.5) is 0 Å². The van der Waals surface area contributed by atoms with Gasteiger partial charge in [-0.1, -0.05) is 6.92 Å². The van der Waals surface area contributed by atoms with E-state index in [-0.39, 0.29) is 30.3 Å². The Balaban J connectivity index is 0.00000324. The summed E-state index contributed by atoms with van der Waals surface area (Å²) in [6, 6.07) is 0.264. The fraction of sp³-hybridized carbons (Fsp3) is 0.846. The molecular formula is C13H26ClN3O2. The Bertz CT molecular complexity index is 269. The minimum atomic E-state index is 0. The average molecular weight is 292 g/mol. The van der Waals surface area contributed by atoms with E-state index in [4.69, 9.17) is 0 Å². The lowest BCUT2D eigenvalue weighted by atomic mass is 10.1. The summed E-state index contributed by atoms with van der Waals surface area (Å²) in [5.41, 5.74) is 0. The third-order valence-corrected chi connectivity index (χ3v) is 3.04. The summed E-state index contributed by atoms with van der Waals surface area (Å²) in [5, 5.41) is 9.07. The Morgan fingerprint density at radius 2 is 2.00 bits per heavy atom. The van der Waals surface area contributed by atoms with Crippen LogP contribution in [0.2, 0.25) is 0 Å². The maximum atomic E-state index is 11.6. The van der Waals surface area contributed by atoms with Crippen molar-refractivity contribution in [3.8, 4) is 0 Å². The molecule has 0 aliphatic carbocycles. The topological polar surface area (TPSA) is 70.2 Å². The van der Waals surface area contributed by atoms with Gasteiger partial charge in [-0.05, 0) is 32.2 Å². The van der Waals surface area contributed by atoms with Gasteiger partial charge in [0, 0.05) is 32.0 Å². The van der Waals surface area contributed by atoms with Gasteiger partial charge in [-0.15, -0.1) is 12.4 Å². The van der Waals surface area contributed by atoms with E-state index in [1.165, 1.54) is 0 Å². The maximum Gasteiger partial charge on any atom is 0.220 e. The highest BCUT2D eigenvalue weighted by Gasteiger charge is 2.15. The van der Waals surface area contributed by atoms with E-state index in [9.17, 15) is 9.59 Å². The number of carbonyl (C=O) groups is 2. The van der Waals surface area contributed by atoms with Crippen LogP contribution in [0.1, 0.15) is 45.4 Å². The molecular weight excluding hydrogens is 266 g/mol. The van der Waals surface area contributed by atoms with Gasteiger partial charge in [0.25, 0.3) is 0 Å². The van der Waals surface area contributed by atoms with Crippen LogP contribution >= 0.6 is 12.4 Å². The van der Waals surface area contributed by atoms with Gasteiger partial charge in [0.05, 0.1) is 0 Å². The molecule has 0 saturated carbocycles. The van der Waals surface area contributed by atoms with E-state index < -0.39 is 0 Å². The molecule has 3 N–H and O–H groups in total. The van der Waals surface area contributed by atoms with E-state index >= 15 is 0 Å².